The predicted octanol–water partition coefficient (Wildman–Crippen LogP) is 2.06. The van der Waals surface area contributed by atoms with Crippen LogP contribution in [0.3, 0.4) is 0 Å². The van der Waals surface area contributed by atoms with Crippen molar-refractivity contribution in [3.05, 3.63) is 0 Å². The van der Waals surface area contributed by atoms with Crippen LogP contribution in [0.5, 0.6) is 0 Å². The van der Waals surface area contributed by atoms with Gasteiger partial charge in [0.2, 0.25) is 29.5 Å². The molecule has 13 heteroatoms. The molecule has 43 heavy (non-hydrogen) atoms. The van der Waals surface area contributed by atoms with E-state index in [0.29, 0.717) is 25.0 Å². The van der Waals surface area contributed by atoms with Crippen LogP contribution in [0, 0.1) is 23.7 Å². The van der Waals surface area contributed by atoms with Crippen molar-refractivity contribution in [2.45, 2.75) is 118 Å². The van der Waals surface area contributed by atoms with Crippen molar-refractivity contribution >= 4 is 47.3 Å². The summed E-state index contributed by atoms with van der Waals surface area (Å²) in [4.78, 5) is 76.8. The van der Waals surface area contributed by atoms with E-state index < -0.39 is 59.8 Å². The fourth-order valence-corrected chi connectivity index (χ4v) is 4.85. The summed E-state index contributed by atoms with van der Waals surface area (Å²) < 4.78 is 0. The first-order valence-corrected chi connectivity index (χ1v) is 16.6. The number of carboxylic acid groups (broad SMARTS) is 1. The SMILES string of the molecule is CCC(C)C(NC(=O)C(CCSC)NC(C)=O)C(=O)NC(C(=O)NC(C(=O)NC(CC(C)C)C(=O)O)C(C)CC)C(C)C. The van der Waals surface area contributed by atoms with E-state index in [-0.39, 0.29) is 36.0 Å². The molecule has 7 unspecified atom stereocenters. The summed E-state index contributed by atoms with van der Waals surface area (Å²) in [6.45, 7) is 15.8. The number of carbonyl (C=O) groups is 6. The summed E-state index contributed by atoms with van der Waals surface area (Å²) in [5.74, 6) is -4.09. The molecule has 0 saturated carbocycles. The van der Waals surface area contributed by atoms with Crippen molar-refractivity contribution in [2.24, 2.45) is 23.7 Å². The number of amides is 5. The molecule has 0 rings (SSSR count). The maximum absolute atomic E-state index is 13.5. The highest BCUT2D eigenvalue weighted by molar-refractivity contribution is 7.98. The zero-order valence-electron chi connectivity index (χ0n) is 27.5. The Balaban J connectivity index is 5.96. The first-order valence-electron chi connectivity index (χ1n) is 15.2. The van der Waals surface area contributed by atoms with Crippen molar-refractivity contribution in [3.8, 4) is 0 Å². The number of thioether (sulfide) groups is 1. The van der Waals surface area contributed by atoms with Gasteiger partial charge in [-0.3, -0.25) is 24.0 Å². The van der Waals surface area contributed by atoms with E-state index in [1.54, 1.807) is 20.8 Å². The molecule has 0 saturated heterocycles. The van der Waals surface area contributed by atoms with Gasteiger partial charge in [-0.15, -0.1) is 0 Å². The van der Waals surface area contributed by atoms with Crippen LogP contribution in [-0.4, -0.2) is 82.8 Å². The third-order valence-corrected chi connectivity index (χ3v) is 8.10. The molecular weight excluding hydrogens is 574 g/mol. The minimum atomic E-state index is -1.16. The molecule has 0 aromatic carbocycles. The highest BCUT2D eigenvalue weighted by atomic mass is 32.2. The molecule has 0 fully saturated rings. The lowest BCUT2D eigenvalue weighted by molar-refractivity contribution is -0.143. The molecule has 0 aromatic heterocycles. The Kier molecular flexibility index (Phi) is 18.9. The quantitative estimate of drug-likeness (QED) is 0.118. The van der Waals surface area contributed by atoms with Crippen molar-refractivity contribution in [1.82, 2.24) is 26.6 Å². The van der Waals surface area contributed by atoms with Crippen LogP contribution in [0.2, 0.25) is 0 Å². The maximum Gasteiger partial charge on any atom is 0.326 e. The third-order valence-electron chi connectivity index (χ3n) is 7.46. The first kappa shape index (κ1) is 40.2. The van der Waals surface area contributed by atoms with Crippen molar-refractivity contribution in [3.63, 3.8) is 0 Å². The zero-order valence-corrected chi connectivity index (χ0v) is 28.4. The van der Waals surface area contributed by atoms with Gasteiger partial charge >= 0.3 is 5.97 Å². The van der Waals surface area contributed by atoms with Gasteiger partial charge in [0.25, 0.3) is 0 Å². The van der Waals surface area contributed by atoms with Crippen LogP contribution in [0.4, 0.5) is 0 Å². The van der Waals surface area contributed by atoms with Gasteiger partial charge < -0.3 is 31.7 Å². The molecule has 7 atom stereocenters. The molecular formula is C30H55N5O7S. The smallest absolute Gasteiger partial charge is 0.326 e. The van der Waals surface area contributed by atoms with E-state index in [2.05, 4.69) is 26.6 Å². The lowest BCUT2D eigenvalue weighted by Gasteiger charge is -2.31. The summed E-state index contributed by atoms with van der Waals surface area (Å²) in [6, 6.07) is -4.95. The Morgan fingerprint density at radius 1 is 0.651 bits per heavy atom. The number of aliphatic carboxylic acids is 1. The molecule has 0 radical (unpaired) electrons. The molecule has 5 amide bonds. The lowest BCUT2D eigenvalue weighted by atomic mass is 9.94. The Bertz CT molecular complexity index is 946. The second-order valence-corrected chi connectivity index (χ2v) is 13.0. The van der Waals surface area contributed by atoms with Gasteiger partial charge in [-0.1, -0.05) is 68.2 Å². The normalized spacial score (nSPS) is 16.2. The van der Waals surface area contributed by atoms with Crippen molar-refractivity contribution in [2.75, 3.05) is 12.0 Å². The Morgan fingerprint density at radius 3 is 1.49 bits per heavy atom. The molecule has 0 heterocycles. The fourth-order valence-electron chi connectivity index (χ4n) is 4.38. The molecule has 0 aliphatic heterocycles. The fraction of sp³-hybridized carbons (Fsp3) is 0.800. The predicted molar refractivity (Wildman–Crippen MR) is 169 cm³/mol. The van der Waals surface area contributed by atoms with E-state index in [0.717, 1.165) is 0 Å². The summed E-state index contributed by atoms with van der Waals surface area (Å²) in [5, 5.41) is 23.1. The average molecular weight is 630 g/mol. The molecule has 0 aromatic rings. The summed E-state index contributed by atoms with van der Waals surface area (Å²) in [5.41, 5.74) is 0. The molecule has 0 aliphatic carbocycles. The summed E-state index contributed by atoms with van der Waals surface area (Å²) >= 11 is 1.53. The minimum absolute atomic E-state index is 0.0246. The highest BCUT2D eigenvalue weighted by Crippen LogP contribution is 2.14. The number of hydrogen-bond acceptors (Lipinski definition) is 7. The molecule has 0 bridgehead atoms. The molecule has 248 valence electrons. The van der Waals surface area contributed by atoms with Gasteiger partial charge in [0.05, 0.1) is 0 Å². The van der Waals surface area contributed by atoms with Crippen LogP contribution in [0.25, 0.3) is 0 Å². The Labute approximate surface area is 261 Å². The van der Waals surface area contributed by atoms with Crippen molar-refractivity contribution < 1.29 is 33.9 Å². The standard InChI is InChI=1S/C30H55N5O7S/c1-11-18(7)24(28(39)32-22(30(41)42)15-16(3)4)35-27(38)23(17(5)6)33-29(40)25(19(8)12-2)34-26(37)21(13-14-43-10)31-20(9)36/h16-19,21-25H,11-15H2,1-10H3,(H,31,36)(H,32,39)(H,33,40)(H,34,37)(H,35,38)(H,41,42). The van der Waals surface area contributed by atoms with E-state index in [9.17, 15) is 33.9 Å². The zero-order chi connectivity index (χ0) is 33.4. The van der Waals surface area contributed by atoms with E-state index in [1.165, 1.54) is 18.7 Å². The maximum atomic E-state index is 13.5. The van der Waals surface area contributed by atoms with Crippen LogP contribution < -0.4 is 26.6 Å². The van der Waals surface area contributed by atoms with E-state index in [1.807, 2.05) is 40.9 Å². The monoisotopic (exact) mass is 629 g/mol. The van der Waals surface area contributed by atoms with Crippen LogP contribution >= 0.6 is 11.8 Å². The Morgan fingerprint density at radius 2 is 1.09 bits per heavy atom. The number of hydrogen-bond donors (Lipinski definition) is 6. The molecule has 0 spiro atoms. The number of carboxylic acids is 1. The molecule has 12 nitrogen and oxygen atoms in total. The molecule has 0 aliphatic rings. The number of carbonyl (C=O) groups excluding carboxylic acids is 5. The van der Waals surface area contributed by atoms with Crippen LogP contribution in [-0.2, 0) is 28.8 Å². The van der Waals surface area contributed by atoms with E-state index in [4.69, 9.17) is 0 Å². The van der Waals surface area contributed by atoms with E-state index >= 15 is 0 Å². The third kappa shape index (κ3) is 14.5. The number of rotatable bonds is 20. The van der Waals surface area contributed by atoms with Gasteiger partial charge in [-0.2, -0.15) is 11.8 Å². The van der Waals surface area contributed by atoms with Gasteiger partial charge in [0, 0.05) is 6.92 Å². The van der Waals surface area contributed by atoms with Gasteiger partial charge in [0.1, 0.15) is 30.2 Å². The highest BCUT2D eigenvalue weighted by Gasteiger charge is 2.36. The van der Waals surface area contributed by atoms with Gasteiger partial charge in [-0.25, -0.2) is 4.79 Å². The second-order valence-electron chi connectivity index (χ2n) is 12.0. The minimum Gasteiger partial charge on any atom is -0.480 e. The Hall–Kier alpha value is -2.83. The second kappa shape index (κ2) is 20.2. The first-order chi connectivity index (χ1) is 20.0. The topological polar surface area (TPSA) is 183 Å². The van der Waals surface area contributed by atoms with Gasteiger partial charge in [-0.05, 0) is 48.5 Å². The number of nitrogens with one attached hydrogen (secondary N) is 5. The van der Waals surface area contributed by atoms with Crippen molar-refractivity contribution in [1.29, 1.82) is 0 Å². The van der Waals surface area contributed by atoms with Gasteiger partial charge in [0.15, 0.2) is 0 Å². The average Bonchev–Trinajstić information content (AvgIpc) is 2.92. The summed E-state index contributed by atoms with van der Waals surface area (Å²) in [7, 11) is 0. The largest absolute Gasteiger partial charge is 0.480 e. The summed E-state index contributed by atoms with van der Waals surface area (Å²) in [6.07, 6.45) is 3.60. The van der Waals surface area contributed by atoms with Crippen LogP contribution in [0.1, 0.15) is 88.0 Å². The van der Waals surface area contributed by atoms with Crippen LogP contribution in [0.15, 0.2) is 0 Å². The molecule has 6 N–H and O–H groups in total. The lowest BCUT2D eigenvalue weighted by Crippen LogP contribution is -2.61.